The van der Waals surface area contributed by atoms with Gasteiger partial charge in [0.2, 0.25) is 0 Å². The van der Waals surface area contributed by atoms with Gasteiger partial charge in [-0.2, -0.15) is 0 Å². The van der Waals surface area contributed by atoms with Gasteiger partial charge in [0.15, 0.2) is 0 Å². The van der Waals surface area contributed by atoms with E-state index < -0.39 is 13.6 Å². The molecule has 31 valence electrons. The molecule has 0 spiro atoms. The van der Waals surface area contributed by atoms with Crippen LogP contribution in [0.25, 0.3) is 0 Å². The summed E-state index contributed by atoms with van der Waals surface area (Å²) in [5.74, 6) is 5.46. The molecule has 0 heterocycles. The molecule has 5 heavy (non-hydrogen) atoms. The van der Waals surface area contributed by atoms with Crippen LogP contribution in [0.3, 0.4) is 0 Å². The van der Waals surface area contributed by atoms with Crippen LogP contribution in [0.5, 0.6) is 0 Å². The van der Waals surface area contributed by atoms with Crippen molar-refractivity contribution in [2.24, 2.45) is 0 Å². The van der Waals surface area contributed by atoms with E-state index in [1.165, 1.54) is 0 Å². The van der Waals surface area contributed by atoms with Crippen LogP contribution in [0.4, 0.5) is 0 Å². The topological polar surface area (TPSA) is 19.9 Å². The van der Waals surface area contributed by atoms with E-state index in [1.807, 2.05) is 17.3 Å². The van der Waals surface area contributed by atoms with Crippen LogP contribution in [0, 0.1) is 0 Å². The Morgan fingerprint density at radius 3 is 1.20 bits per heavy atom. The Morgan fingerprint density at radius 2 is 1.20 bits per heavy atom. The fraction of sp³-hybridized carbons (Fsp3) is 1.00. The van der Waals surface area contributed by atoms with Crippen LogP contribution in [0.15, 0.2) is 0 Å². The van der Waals surface area contributed by atoms with Gasteiger partial charge in [-0.25, -0.2) is 0 Å². The molecule has 0 aromatic heterocycles. The van der Waals surface area contributed by atoms with Crippen molar-refractivity contribution in [2.45, 2.75) is 17.3 Å². The first-order valence-corrected chi connectivity index (χ1v) is 8.85. The first-order valence-electron chi connectivity index (χ1n) is 1.70. The minimum atomic E-state index is -2.25. The quantitative estimate of drug-likeness (QED) is 0.444. The first kappa shape index (κ1) is 5.50. The molecule has 0 rings (SSSR count). The third-order valence-corrected chi connectivity index (χ3v) is 0. The Morgan fingerprint density at radius 1 is 1.20 bits per heavy atom. The van der Waals surface area contributed by atoms with Crippen molar-refractivity contribution >= 4 is 13.6 Å². The van der Waals surface area contributed by atoms with Gasteiger partial charge in [0.1, 0.15) is 0 Å². The average Bonchev–Trinajstić information content (AvgIpc) is 0.722. The van der Waals surface area contributed by atoms with E-state index in [0.29, 0.717) is 0 Å². The summed E-state index contributed by atoms with van der Waals surface area (Å²) in [4.78, 5) is 0. The molecule has 2 heteroatoms. The Bertz CT molecular complexity index is 22.4. The van der Waals surface area contributed by atoms with Gasteiger partial charge in [-0.1, -0.05) is 0 Å². The van der Waals surface area contributed by atoms with Gasteiger partial charge < -0.3 is 0 Å². The molecule has 0 amide bonds. The van der Waals surface area contributed by atoms with Gasteiger partial charge in [-0.15, -0.1) is 0 Å². The summed E-state index contributed by atoms with van der Waals surface area (Å²) in [7, 11) is 0. The third-order valence-electron chi connectivity index (χ3n) is 0. The van der Waals surface area contributed by atoms with Gasteiger partial charge in [-0.05, 0) is 0 Å². The molecule has 0 aliphatic rings. The maximum atomic E-state index is 10.3. The summed E-state index contributed by atoms with van der Waals surface area (Å²) in [6.45, 7) is 0. The zero-order valence-corrected chi connectivity index (χ0v) is 6.01. The zero-order chi connectivity index (χ0) is 4.50. The van der Waals surface area contributed by atoms with Gasteiger partial charge >= 0.3 is 35.0 Å². The summed E-state index contributed by atoms with van der Waals surface area (Å²) in [6, 6.07) is 0. The number of hydrogen-bond donors (Lipinski definition) is 0. The summed E-state index contributed by atoms with van der Waals surface area (Å²) in [5, 5.41) is 0. The van der Waals surface area contributed by atoms with E-state index in [2.05, 4.69) is 0 Å². The standard InChI is InChI=1S/C3H9GeO/c1-4(2,3)5/h1-3H3. The Hall–Kier alpha value is 0.503. The maximum absolute atomic E-state index is 10.3. The van der Waals surface area contributed by atoms with Crippen molar-refractivity contribution in [2.75, 3.05) is 0 Å². The van der Waals surface area contributed by atoms with E-state index in [-0.39, 0.29) is 0 Å². The summed E-state index contributed by atoms with van der Waals surface area (Å²) < 4.78 is 10.3. The van der Waals surface area contributed by atoms with Crippen molar-refractivity contribution in [3.05, 3.63) is 0 Å². The SMILES string of the molecule is [CH3][Ge]([CH3])([CH3])[O]. The Labute approximate surface area is 35.7 Å². The van der Waals surface area contributed by atoms with Gasteiger partial charge in [0.25, 0.3) is 0 Å². The van der Waals surface area contributed by atoms with Gasteiger partial charge in [0, 0.05) is 0 Å². The molecule has 0 fully saturated rings. The molecule has 0 aliphatic carbocycles. The number of rotatable bonds is 0. The van der Waals surface area contributed by atoms with Crippen LogP contribution in [0.1, 0.15) is 0 Å². The van der Waals surface area contributed by atoms with Crippen molar-refractivity contribution in [1.82, 2.24) is 0 Å². The molecular weight excluding hydrogens is 125 g/mol. The second-order valence-electron chi connectivity index (χ2n) is 2.11. The van der Waals surface area contributed by atoms with Crippen LogP contribution in [-0.2, 0) is 4.13 Å². The molecular formula is C3H9GeO. The van der Waals surface area contributed by atoms with E-state index >= 15 is 0 Å². The van der Waals surface area contributed by atoms with Gasteiger partial charge in [0.05, 0.1) is 0 Å². The average molecular weight is 134 g/mol. The predicted octanol–water partition coefficient (Wildman–Crippen LogP) is 1.25. The molecule has 1 nitrogen and oxygen atoms in total. The molecule has 0 N–H and O–H groups in total. The zero-order valence-electron chi connectivity index (χ0n) is 3.91. The van der Waals surface area contributed by atoms with Crippen LogP contribution in [0.2, 0.25) is 17.3 Å². The molecule has 0 aliphatic heterocycles. The van der Waals surface area contributed by atoms with Gasteiger partial charge in [-0.3, -0.25) is 0 Å². The van der Waals surface area contributed by atoms with E-state index in [4.69, 9.17) is 0 Å². The van der Waals surface area contributed by atoms with Crippen molar-refractivity contribution < 1.29 is 4.13 Å². The molecule has 0 aromatic rings. The molecule has 0 saturated heterocycles. The molecule has 0 bridgehead atoms. The van der Waals surface area contributed by atoms with Crippen LogP contribution < -0.4 is 0 Å². The molecule has 0 saturated carbocycles. The predicted molar refractivity (Wildman–Crippen MR) is 24.0 cm³/mol. The molecule has 0 atom stereocenters. The normalized spacial score (nSPS) is 12.0. The number of hydrogen-bond acceptors (Lipinski definition) is 0. The summed E-state index contributed by atoms with van der Waals surface area (Å²) >= 11 is -2.25. The second-order valence-corrected chi connectivity index (χ2v) is 11.0. The van der Waals surface area contributed by atoms with E-state index in [9.17, 15) is 4.13 Å². The summed E-state index contributed by atoms with van der Waals surface area (Å²) in [6.07, 6.45) is 0. The molecule has 1 radical (unpaired) electrons. The van der Waals surface area contributed by atoms with Crippen molar-refractivity contribution in [3.8, 4) is 0 Å². The second kappa shape index (κ2) is 1.31. The summed E-state index contributed by atoms with van der Waals surface area (Å²) in [5.41, 5.74) is 0. The molecule has 0 aromatic carbocycles. The molecule has 0 unspecified atom stereocenters. The Balaban J connectivity index is 3.02. The minimum absolute atomic E-state index is 1.82. The van der Waals surface area contributed by atoms with Crippen molar-refractivity contribution in [3.63, 3.8) is 0 Å². The fourth-order valence-corrected chi connectivity index (χ4v) is 0. The Kier molecular flexibility index (Phi) is 1.44. The van der Waals surface area contributed by atoms with Crippen LogP contribution >= 0.6 is 0 Å². The third kappa shape index (κ3) is 112. The van der Waals surface area contributed by atoms with E-state index in [1.54, 1.807) is 0 Å². The van der Waals surface area contributed by atoms with E-state index in [0.717, 1.165) is 0 Å². The fourth-order valence-electron chi connectivity index (χ4n) is 0. The van der Waals surface area contributed by atoms with Crippen molar-refractivity contribution in [1.29, 1.82) is 0 Å². The monoisotopic (exact) mass is 135 g/mol. The van der Waals surface area contributed by atoms with Crippen LogP contribution in [-0.4, -0.2) is 13.6 Å². The first-order chi connectivity index (χ1) is 2.00.